The third-order valence-electron chi connectivity index (χ3n) is 3.13. The van der Waals surface area contributed by atoms with Gasteiger partial charge in [-0.2, -0.15) is 4.98 Å². The summed E-state index contributed by atoms with van der Waals surface area (Å²) in [6, 6.07) is 0. The lowest BCUT2D eigenvalue weighted by Crippen LogP contribution is -2.29. The zero-order valence-electron chi connectivity index (χ0n) is 10.6. The largest absolute Gasteiger partial charge is 0.473 e. The first kappa shape index (κ1) is 13.5. The SMILES string of the molecule is CNc1ncc(Br)c(OC2CCCC(OC)C2)n1. The number of rotatable bonds is 4. The molecule has 0 aromatic carbocycles. The van der Waals surface area contributed by atoms with E-state index < -0.39 is 0 Å². The molecule has 2 rings (SSSR count). The van der Waals surface area contributed by atoms with Gasteiger partial charge in [0.1, 0.15) is 6.10 Å². The van der Waals surface area contributed by atoms with Crippen LogP contribution < -0.4 is 10.1 Å². The Labute approximate surface area is 115 Å². The van der Waals surface area contributed by atoms with E-state index in [1.807, 2.05) is 0 Å². The van der Waals surface area contributed by atoms with Crippen molar-refractivity contribution < 1.29 is 9.47 Å². The summed E-state index contributed by atoms with van der Waals surface area (Å²) in [5.74, 6) is 1.16. The van der Waals surface area contributed by atoms with E-state index in [-0.39, 0.29) is 6.10 Å². The monoisotopic (exact) mass is 315 g/mol. The first-order chi connectivity index (χ1) is 8.72. The minimum absolute atomic E-state index is 0.166. The van der Waals surface area contributed by atoms with Crippen LogP contribution in [0.5, 0.6) is 5.88 Å². The molecule has 6 heteroatoms. The molecule has 1 saturated carbocycles. The van der Waals surface area contributed by atoms with E-state index in [9.17, 15) is 0 Å². The first-order valence-corrected chi connectivity index (χ1v) is 6.92. The Morgan fingerprint density at radius 3 is 2.89 bits per heavy atom. The summed E-state index contributed by atoms with van der Waals surface area (Å²) in [6.45, 7) is 0. The van der Waals surface area contributed by atoms with Gasteiger partial charge in [-0.15, -0.1) is 0 Å². The van der Waals surface area contributed by atoms with Crippen LogP contribution in [-0.2, 0) is 4.74 Å². The second kappa shape index (κ2) is 6.33. The average Bonchev–Trinajstić information content (AvgIpc) is 2.41. The fourth-order valence-electron chi connectivity index (χ4n) is 2.14. The number of nitrogens with zero attached hydrogens (tertiary/aromatic N) is 2. The van der Waals surface area contributed by atoms with Crippen molar-refractivity contribution in [2.45, 2.75) is 37.9 Å². The Kier molecular flexibility index (Phi) is 4.77. The molecule has 1 aliphatic carbocycles. The van der Waals surface area contributed by atoms with Crippen molar-refractivity contribution >= 4 is 21.9 Å². The smallest absolute Gasteiger partial charge is 0.233 e. The minimum atomic E-state index is 0.166. The molecule has 0 amide bonds. The van der Waals surface area contributed by atoms with Crippen LogP contribution in [0.3, 0.4) is 0 Å². The summed E-state index contributed by atoms with van der Waals surface area (Å²) in [6.07, 6.45) is 6.37. The van der Waals surface area contributed by atoms with Gasteiger partial charge in [0.05, 0.1) is 16.8 Å². The van der Waals surface area contributed by atoms with Crippen LogP contribution in [-0.4, -0.2) is 36.3 Å². The van der Waals surface area contributed by atoms with E-state index in [1.165, 1.54) is 0 Å². The molecule has 0 radical (unpaired) electrons. The van der Waals surface area contributed by atoms with E-state index in [4.69, 9.17) is 9.47 Å². The van der Waals surface area contributed by atoms with E-state index in [0.717, 1.165) is 30.2 Å². The summed E-state index contributed by atoms with van der Waals surface area (Å²) in [4.78, 5) is 8.41. The highest BCUT2D eigenvalue weighted by molar-refractivity contribution is 9.10. The Morgan fingerprint density at radius 1 is 1.39 bits per heavy atom. The third kappa shape index (κ3) is 3.32. The third-order valence-corrected chi connectivity index (χ3v) is 3.67. The molecule has 1 heterocycles. The average molecular weight is 316 g/mol. The molecule has 1 N–H and O–H groups in total. The standard InChI is InChI=1S/C12H18BrN3O2/c1-14-12-15-7-10(13)11(16-12)18-9-5-3-4-8(6-9)17-2/h7-9H,3-6H2,1-2H3,(H,14,15,16). The number of aromatic nitrogens is 2. The van der Waals surface area contributed by atoms with E-state index in [1.54, 1.807) is 20.4 Å². The molecule has 0 spiro atoms. The lowest BCUT2D eigenvalue weighted by molar-refractivity contribution is 0.0192. The fraction of sp³-hybridized carbons (Fsp3) is 0.667. The van der Waals surface area contributed by atoms with Crippen LogP contribution in [0.2, 0.25) is 0 Å². The maximum absolute atomic E-state index is 5.94. The summed E-state index contributed by atoms with van der Waals surface area (Å²) < 4.78 is 12.1. The molecule has 1 fully saturated rings. The van der Waals surface area contributed by atoms with Crippen LogP contribution in [0.4, 0.5) is 5.95 Å². The normalized spacial score (nSPS) is 23.7. The fourth-order valence-corrected chi connectivity index (χ4v) is 2.42. The van der Waals surface area contributed by atoms with Gasteiger partial charge in [0.15, 0.2) is 0 Å². The summed E-state index contributed by atoms with van der Waals surface area (Å²) in [7, 11) is 3.54. The molecular weight excluding hydrogens is 298 g/mol. The van der Waals surface area contributed by atoms with Crippen molar-refractivity contribution in [1.82, 2.24) is 9.97 Å². The topological polar surface area (TPSA) is 56.3 Å². The molecule has 0 saturated heterocycles. The predicted octanol–water partition coefficient (Wildman–Crippen LogP) is 2.62. The number of anilines is 1. The Morgan fingerprint density at radius 2 is 2.17 bits per heavy atom. The molecule has 2 atom stereocenters. The molecule has 1 aromatic heterocycles. The van der Waals surface area contributed by atoms with Crippen molar-refractivity contribution in [3.05, 3.63) is 10.7 Å². The van der Waals surface area contributed by atoms with Gasteiger partial charge in [-0.3, -0.25) is 0 Å². The van der Waals surface area contributed by atoms with Crippen molar-refractivity contribution in [2.24, 2.45) is 0 Å². The lowest BCUT2D eigenvalue weighted by Gasteiger charge is -2.28. The molecule has 100 valence electrons. The van der Waals surface area contributed by atoms with Crippen LogP contribution in [0.25, 0.3) is 0 Å². The van der Waals surface area contributed by atoms with Crippen LogP contribution in [0.15, 0.2) is 10.7 Å². The summed E-state index contributed by atoms with van der Waals surface area (Å²) >= 11 is 3.41. The van der Waals surface area contributed by atoms with Gasteiger partial charge in [-0.1, -0.05) is 0 Å². The zero-order chi connectivity index (χ0) is 13.0. The predicted molar refractivity (Wildman–Crippen MR) is 73.0 cm³/mol. The minimum Gasteiger partial charge on any atom is -0.473 e. The Bertz CT molecular complexity index is 403. The number of nitrogens with one attached hydrogen (secondary N) is 1. The highest BCUT2D eigenvalue weighted by Crippen LogP contribution is 2.28. The van der Waals surface area contributed by atoms with Gasteiger partial charge in [0, 0.05) is 20.6 Å². The zero-order valence-corrected chi connectivity index (χ0v) is 12.2. The van der Waals surface area contributed by atoms with Crippen molar-refractivity contribution in [3.63, 3.8) is 0 Å². The number of ether oxygens (including phenoxy) is 2. The molecule has 2 unspecified atom stereocenters. The number of hydrogen-bond acceptors (Lipinski definition) is 5. The quantitative estimate of drug-likeness (QED) is 0.925. The number of hydrogen-bond donors (Lipinski definition) is 1. The first-order valence-electron chi connectivity index (χ1n) is 6.12. The van der Waals surface area contributed by atoms with E-state index in [2.05, 4.69) is 31.2 Å². The Hall–Kier alpha value is -0.880. The maximum Gasteiger partial charge on any atom is 0.233 e. The highest BCUT2D eigenvalue weighted by atomic mass is 79.9. The lowest BCUT2D eigenvalue weighted by atomic mass is 9.95. The number of methoxy groups -OCH3 is 1. The van der Waals surface area contributed by atoms with Crippen molar-refractivity contribution in [2.75, 3.05) is 19.5 Å². The maximum atomic E-state index is 5.94. The van der Waals surface area contributed by atoms with Gasteiger partial charge in [0.25, 0.3) is 0 Å². The van der Waals surface area contributed by atoms with Crippen LogP contribution in [0, 0.1) is 0 Å². The molecule has 1 aliphatic rings. The molecule has 0 aliphatic heterocycles. The van der Waals surface area contributed by atoms with E-state index in [0.29, 0.717) is 17.9 Å². The van der Waals surface area contributed by atoms with Gasteiger partial charge in [-0.05, 0) is 35.2 Å². The number of halogens is 1. The summed E-state index contributed by atoms with van der Waals surface area (Å²) in [5, 5.41) is 2.90. The second-order valence-corrected chi connectivity index (χ2v) is 5.22. The summed E-state index contributed by atoms with van der Waals surface area (Å²) in [5.41, 5.74) is 0. The van der Waals surface area contributed by atoms with Gasteiger partial charge < -0.3 is 14.8 Å². The van der Waals surface area contributed by atoms with Gasteiger partial charge >= 0.3 is 0 Å². The van der Waals surface area contributed by atoms with Crippen molar-refractivity contribution in [3.8, 4) is 5.88 Å². The molecule has 0 bridgehead atoms. The van der Waals surface area contributed by atoms with Crippen LogP contribution >= 0.6 is 15.9 Å². The van der Waals surface area contributed by atoms with Gasteiger partial charge in [0.2, 0.25) is 11.8 Å². The highest BCUT2D eigenvalue weighted by Gasteiger charge is 2.24. The molecule has 5 nitrogen and oxygen atoms in total. The van der Waals surface area contributed by atoms with E-state index >= 15 is 0 Å². The second-order valence-electron chi connectivity index (χ2n) is 4.36. The Balaban J connectivity index is 2.04. The van der Waals surface area contributed by atoms with Gasteiger partial charge in [-0.25, -0.2) is 4.98 Å². The molecular formula is C12H18BrN3O2. The molecule has 1 aromatic rings. The van der Waals surface area contributed by atoms with Crippen LogP contribution in [0.1, 0.15) is 25.7 Å². The van der Waals surface area contributed by atoms with Crippen molar-refractivity contribution in [1.29, 1.82) is 0 Å². The molecule has 18 heavy (non-hydrogen) atoms.